The fourth-order valence-electron chi connectivity index (χ4n) is 2.47. The molecule has 0 unspecified atom stereocenters. The predicted molar refractivity (Wildman–Crippen MR) is 95.3 cm³/mol. The van der Waals surface area contributed by atoms with Gasteiger partial charge in [0.2, 0.25) is 0 Å². The molecule has 0 bridgehead atoms. The minimum absolute atomic E-state index is 0.217. The number of methoxy groups -OCH3 is 1. The Bertz CT molecular complexity index is 739. The van der Waals surface area contributed by atoms with Crippen molar-refractivity contribution in [3.8, 4) is 0 Å². The summed E-state index contributed by atoms with van der Waals surface area (Å²) in [6.07, 6.45) is 2.36. The first-order valence-electron chi connectivity index (χ1n) is 7.96. The number of anilines is 2. The van der Waals surface area contributed by atoms with Crippen LogP contribution in [0.25, 0.3) is 0 Å². The van der Waals surface area contributed by atoms with E-state index in [4.69, 9.17) is 4.74 Å². The highest BCUT2D eigenvalue weighted by molar-refractivity contribution is 7.13. The van der Waals surface area contributed by atoms with E-state index in [2.05, 4.69) is 20.4 Å². The summed E-state index contributed by atoms with van der Waals surface area (Å²) in [4.78, 5) is 27.9. The monoisotopic (exact) mass is 361 g/mol. The van der Waals surface area contributed by atoms with Gasteiger partial charge in [-0.25, -0.2) is 9.78 Å². The molecule has 1 amide bonds. The van der Waals surface area contributed by atoms with Crippen LogP contribution in [0.5, 0.6) is 0 Å². The van der Waals surface area contributed by atoms with Crippen LogP contribution in [0.4, 0.5) is 10.8 Å². The molecule has 1 aromatic heterocycles. The molecular formula is C17H19N3O4S. The number of ether oxygens (including phenoxy) is 2. The van der Waals surface area contributed by atoms with E-state index in [1.165, 1.54) is 18.4 Å². The molecule has 8 heteroatoms. The third-order valence-corrected chi connectivity index (χ3v) is 4.61. The summed E-state index contributed by atoms with van der Waals surface area (Å²) >= 11 is 1.38. The summed E-state index contributed by atoms with van der Waals surface area (Å²) in [6, 6.07) is 6.48. The van der Waals surface area contributed by atoms with Crippen molar-refractivity contribution in [2.45, 2.75) is 18.9 Å². The fourth-order valence-corrected chi connectivity index (χ4v) is 3.17. The Hall–Kier alpha value is -2.45. The molecule has 2 aromatic rings. The van der Waals surface area contributed by atoms with E-state index in [1.54, 1.807) is 29.6 Å². The van der Waals surface area contributed by atoms with Crippen molar-refractivity contribution in [3.63, 3.8) is 0 Å². The van der Waals surface area contributed by atoms with E-state index in [1.807, 2.05) is 0 Å². The summed E-state index contributed by atoms with van der Waals surface area (Å²) in [5.41, 5.74) is 1.35. The Balaban J connectivity index is 1.55. The van der Waals surface area contributed by atoms with Gasteiger partial charge in [-0.3, -0.25) is 4.79 Å². The van der Waals surface area contributed by atoms with Gasteiger partial charge < -0.3 is 20.1 Å². The van der Waals surface area contributed by atoms with E-state index < -0.39 is 5.97 Å². The Morgan fingerprint density at radius 1 is 1.36 bits per heavy atom. The Morgan fingerprint density at radius 3 is 2.84 bits per heavy atom. The first kappa shape index (κ1) is 17.4. The van der Waals surface area contributed by atoms with Crippen molar-refractivity contribution in [2.24, 2.45) is 0 Å². The number of nitrogens with one attached hydrogen (secondary N) is 2. The van der Waals surface area contributed by atoms with Crippen LogP contribution in [0.2, 0.25) is 0 Å². The van der Waals surface area contributed by atoms with E-state index in [-0.39, 0.29) is 12.0 Å². The lowest BCUT2D eigenvalue weighted by molar-refractivity contribution is 0.0600. The number of thiazole rings is 1. The smallest absolute Gasteiger partial charge is 0.337 e. The highest BCUT2D eigenvalue weighted by Crippen LogP contribution is 2.19. The second kappa shape index (κ2) is 8.09. The zero-order chi connectivity index (χ0) is 17.6. The van der Waals surface area contributed by atoms with Crippen molar-refractivity contribution in [2.75, 3.05) is 30.9 Å². The first-order chi connectivity index (χ1) is 12.2. The second-order valence-electron chi connectivity index (χ2n) is 5.58. The number of hydrogen-bond acceptors (Lipinski definition) is 7. The van der Waals surface area contributed by atoms with E-state index >= 15 is 0 Å². The summed E-state index contributed by atoms with van der Waals surface area (Å²) < 4.78 is 10.2. The third-order valence-electron chi connectivity index (χ3n) is 3.81. The molecule has 1 fully saturated rings. The number of amides is 1. The molecule has 2 heterocycles. The molecule has 1 aliphatic heterocycles. The summed E-state index contributed by atoms with van der Waals surface area (Å²) in [7, 11) is 1.32. The largest absolute Gasteiger partial charge is 0.465 e. The lowest BCUT2D eigenvalue weighted by atomic mass is 10.2. The molecule has 1 aromatic carbocycles. The minimum atomic E-state index is -0.417. The molecule has 132 valence electrons. The molecule has 25 heavy (non-hydrogen) atoms. The van der Waals surface area contributed by atoms with Gasteiger partial charge in [-0.05, 0) is 37.1 Å². The molecule has 0 aliphatic carbocycles. The maximum Gasteiger partial charge on any atom is 0.337 e. The lowest BCUT2D eigenvalue weighted by Crippen LogP contribution is -2.18. The van der Waals surface area contributed by atoms with Crippen molar-refractivity contribution in [1.82, 2.24) is 4.98 Å². The molecule has 7 nitrogen and oxygen atoms in total. The third kappa shape index (κ3) is 4.55. The molecule has 0 radical (unpaired) electrons. The van der Waals surface area contributed by atoms with E-state index in [9.17, 15) is 9.59 Å². The number of carbonyl (C=O) groups is 2. The van der Waals surface area contributed by atoms with Crippen molar-refractivity contribution >= 4 is 34.0 Å². The van der Waals surface area contributed by atoms with Crippen LogP contribution >= 0.6 is 11.3 Å². The number of nitrogens with zero attached hydrogens (tertiary/aromatic N) is 1. The normalized spacial score (nSPS) is 16.4. The average Bonchev–Trinajstić information content (AvgIpc) is 3.31. The van der Waals surface area contributed by atoms with Gasteiger partial charge in [-0.15, -0.1) is 11.3 Å². The van der Waals surface area contributed by atoms with Gasteiger partial charge in [0, 0.05) is 24.2 Å². The van der Waals surface area contributed by atoms with Gasteiger partial charge in [0.15, 0.2) is 5.13 Å². The number of rotatable bonds is 6. The van der Waals surface area contributed by atoms with E-state index in [0.717, 1.165) is 19.4 Å². The quantitative estimate of drug-likeness (QED) is 0.769. The van der Waals surface area contributed by atoms with E-state index in [0.29, 0.717) is 28.6 Å². The summed E-state index contributed by atoms with van der Waals surface area (Å²) in [5, 5.41) is 8.36. The molecule has 0 spiro atoms. The predicted octanol–water partition coefficient (Wildman–Crippen LogP) is 2.77. The van der Waals surface area contributed by atoms with Crippen LogP contribution in [-0.2, 0) is 9.47 Å². The number of benzene rings is 1. The zero-order valence-corrected chi connectivity index (χ0v) is 14.6. The molecule has 2 N–H and O–H groups in total. The van der Waals surface area contributed by atoms with Crippen LogP contribution in [0, 0.1) is 0 Å². The van der Waals surface area contributed by atoms with Crippen LogP contribution in [0.15, 0.2) is 29.6 Å². The highest BCUT2D eigenvalue weighted by Gasteiger charge is 2.16. The Kier molecular flexibility index (Phi) is 5.62. The number of hydrogen-bond donors (Lipinski definition) is 2. The maximum absolute atomic E-state index is 12.3. The highest BCUT2D eigenvalue weighted by atomic mass is 32.1. The molecule has 3 rings (SSSR count). The van der Waals surface area contributed by atoms with Crippen LogP contribution in [0.3, 0.4) is 0 Å². The van der Waals surface area contributed by atoms with Crippen molar-refractivity contribution < 1.29 is 19.1 Å². The molecular weight excluding hydrogens is 342 g/mol. The van der Waals surface area contributed by atoms with Crippen molar-refractivity contribution in [1.29, 1.82) is 0 Å². The number of aromatic nitrogens is 1. The van der Waals surface area contributed by atoms with Crippen LogP contribution in [-0.4, -0.2) is 43.2 Å². The van der Waals surface area contributed by atoms with Crippen molar-refractivity contribution in [3.05, 3.63) is 40.9 Å². The number of carbonyl (C=O) groups excluding carboxylic acids is 2. The van der Waals surface area contributed by atoms with Gasteiger partial charge in [0.25, 0.3) is 5.91 Å². The topological polar surface area (TPSA) is 89.5 Å². The van der Waals surface area contributed by atoms with Crippen LogP contribution < -0.4 is 10.6 Å². The summed E-state index contributed by atoms with van der Waals surface area (Å²) in [5.74, 6) is -0.716. The zero-order valence-electron chi connectivity index (χ0n) is 13.8. The van der Waals surface area contributed by atoms with Gasteiger partial charge in [0.05, 0.1) is 18.8 Å². The van der Waals surface area contributed by atoms with Gasteiger partial charge in [-0.1, -0.05) is 0 Å². The molecule has 1 aliphatic rings. The SMILES string of the molecule is COC(=O)c1ccc(NC(=O)c2csc(NC[C@@H]3CCCO3)n2)cc1. The average molecular weight is 361 g/mol. The summed E-state index contributed by atoms with van der Waals surface area (Å²) in [6.45, 7) is 1.51. The molecule has 1 atom stereocenters. The molecule has 0 saturated carbocycles. The maximum atomic E-state index is 12.3. The Labute approximate surface area is 149 Å². The fraction of sp³-hybridized carbons (Fsp3) is 0.353. The number of esters is 1. The first-order valence-corrected chi connectivity index (χ1v) is 8.84. The van der Waals surface area contributed by atoms with Crippen LogP contribution in [0.1, 0.15) is 33.7 Å². The second-order valence-corrected chi connectivity index (χ2v) is 6.43. The van der Waals surface area contributed by atoms with Gasteiger partial charge in [0.1, 0.15) is 5.69 Å². The lowest BCUT2D eigenvalue weighted by Gasteiger charge is -2.09. The standard InChI is InChI=1S/C17H19N3O4S/c1-23-16(22)11-4-6-12(7-5-11)19-15(21)14-10-25-17(20-14)18-9-13-3-2-8-24-13/h4-7,10,13H,2-3,8-9H2,1H3,(H,18,20)(H,19,21)/t13-/m0/s1. The molecule has 1 saturated heterocycles. The van der Waals surface area contributed by atoms with Gasteiger partial charge >= 0.3 is 5.97 Å². The van der Waals surface area contributed by atoms with Gasteiger partial charge in [-0.2, -0.15) is 0 Å². The Morgan fingerprint density at radius 2 is 2.16 bits per heavy atom. The minimum Gasteiger partial charge on any atom is -0.465 e.